The van der Waals surface area contributed by atoms with Crippen LogP contribution in [0.25, 0.3) is 0 Å². The van der Waals surface area contributed by atoms with Crippen LogP contribution in [0.3, 0.4) is 0 Å². The fourth-order valence-electron chi connectivity index (χ4n) is 1.31. The zero-order valence-corrected chi connectivity index (χ0v) is 10.1. The van der Waals surface area contributed by atoms with Crippen molar-refractivity contribution >= 4 is 15.8 Å². The lowest BCUT2D eigenvalue weighted by Crippen LogP contribution is -2.28. The summed E-state index contributed by atoms with van der Waals surface area (Å²) in [5.41, 5.74) is -0.722. The van der Waals surface area contributed by atoms with E-state index in [1.165, 1.54) is 25.1 Å². The summed E-state index contributed by atoms with van der Waals surface area (Å²) in [4.78, 5) is 22.3. The average Bonchev–Trinajstić information content (AvgIpc) is 2.27. The van der Waals surface area contributed by atoms with E-state index < -0.39 is 21.4 Å². The first-order valence-corrected chi connectivity index (χ1v) is 6.83. The molecular weight excluding hydrogens is 246 g/mol. The number of pyridine rings is 1. The van der Waals surface area contributed by atoms with Crippen LogP contribution in [0, 0.1) is 0 Å². The van der Waals surface area contributed by atoms with E-state index in [9.17, 15) is 18.0 Å². The number of sulfone groups is 1. The highest BCUT2D eigenvalue weighted by atomic mass is 32.2. The minimum atomic E-state index is -3.23. The van der Waals surface area contributed by atoms with Crippen molar-refractivity contribution in [3.63, 3.8) is 0 Å². The molecule has 1 N–H and O–H groups in total. The molecule has 1 aromatic heterocycles. The third-order valence-corrected chi connectivity index (χ3v) is 4.02. The summed E-state index contributed by atoms with van der Waals surface area (Å²) >= 11 is 0. The van der Waals surface area contributed by atoms with E-state index in [1.807, 2.05) is 0 Å². The summed E-state index contributed by atoms with van der Waals surface area (Å²) in [6, 6.07) is 3.80. The van der Waals surface area contributed by atoms with Gasteiger partial charge < -0.3 is 9.67 Å². The minimum absolute atomic E-state index is 0.0308. The van der Waals surface area contributed by atoms with Gasteiger partial charge in [0.2, 0.25) is 0 Å². The van der Waals surface area contributed by atoms with Gasteiger partial charge in [-0.1, -0.05) is 13.0 Å². The van der Waals surface area contributed by atoms with E-state index in [4.69, 9.17) is 5.11 Å². The Morgan fingerprint density at radius 3 is 2.59 bits per heavy atom. The molecule has 0 aliphatic rings. The third kappa shape index (κ3) is 3.42. The Hall–Kier alpha value is -1.63. The second-order valence-electron chi connectivity index (χ2n) is 3.44. The fourth-order valence-corrected chi connectivity index (χ4v) is 2.06. The number of carboxylic acids is 1. The summed E-state index contributed by atoms with van der Waals surface area (Å²) in [6.07, 6.45) is 0. The van der Waals surface area contributed by atoms with Crippen molar-refractivity contribution in [1.82, 2.24) is 4.57 Å². The zero-order chi connectivity index (χ0) is 13.1. The maximum absolute atomic E-state index is 11.5. The fraction of sp³-hybridized carbons (Fsp3) is 0.400. The molecule has 1 aromatic rings. The van der Waals surface area contributed by atoms with Crippen LogP contribution in [0.4, 0.5) is 0 Å². The molecule has 1 heterocycles. The Morgan fingerprint density at radius 1 is 1.41 bits per heavy atom. The van der Waals surface area contributed by atoms with Gasteiger partial charge in [-0.2, -0.15) is 0 Å². The Bertz CT molecular complexity index is 573. The highest BCUT2D eigenvalue weighted by molar-refractivity contribution is 7.91. The molecule has 0 fully saturated rings. The third-order valence-electron chi connectivity index (χ3n) is 2.33. The van der Waals surface area contributed by atoms with Crippen LogP contribution >= 0.6 is 0 Å². The van der Waals surface area contributed by atoms with Crippen molar-refractivity contribution in [2.75, 3.05) is 11.5 Å². The van der Waals surface area contributed by atoms with E-state index in [-0.39, 0.29) is 23.7 Å². The van der Waals surface area contributed by atoms with Gasteiger partial charge in [0.1, 0.15) is 5.69 Å². The average molecular weight is 259 g/mol. The molecule has 0 unspecified atom stereocenters. The Kier molecular flexibility index (Phi) is 4.06. The van der Waals surface area contributed by atoms with Crippen molar-refractivity contribution in [3.8, 4) is 0 Å². The Labute approximate surface area is 98.4 Å². The van der Waals surface area contributed by atoms with Gasteiger partial charge in [-0.15, -0.1) is 0 Å². The Morgan fingerprint density at radius 2 is 2.06 bits per heavy atom. The second kappa shape index (κ2) is 5.13. The number of nitrogens with zero attached hydrogens (tertiary/aromatic N) is 1. The Balaban J connectivity index is 3.06. The largest absolute Gasteiger partial charge is 0.477 e. The van der Waals surface area contributed by atoms with Gasteiger partial charge in [0.25, 0.3) is 5.56 Å². The van der Waals surface area contributed by atoms with Crippen molar-refractivity contribution in [1.29, 1.82) is 0 Å². The molecule has 0 saturated carbocycles. The van der Waals surface area contributed by atoms with E-state index in [2.05, 4.69) is 0 Å². The standard InChI is InChI=1S/C10H13NO5S/c1-2-17(15,16)7-6-11-8(10(13)14)4-3-5-9(11)12/h3-5H,2,6-7H2,1H3,(H,13,14). The van der Waals surface area contributed by atoms with Crippen molar-refractivity contribution < 1.29 is 18.3 Å². The predicted molar refractivity (Wildman–Crippen MR) is 62.0 cm³/mol. The maximum Gasteiger partial charge on any atom is 0.352 e. The molecule has 0 radical (unpaired) electrons. The SMILES string of the molecule is CCS(=O)(=O)CCn1c(C(=O)O)cccc1=O. The summed E-state index contributed by atoms with van der Waals surface area (Å²) in [6.45, 7) is 1.36. The molecule has 0 amide bonds. The summed E-state index contributed by atoms with van der Waals surface area (Å²) in [5, 5.41) is 8.87. The van der Waals surface area contributed by atoms with Gasteiger partial charge in [-0.3, -0.25) is 4.79 Å². The number of hydrogen-bond acceptors (Lipinski definition) is 4. The first-order valence-electron chi connectivity index (χ1n) is 5.01. The lowest BCUT2D eigenvalue weighted by atomic mass is 10.3. The molecule has 7 heteroatoms. The summed E-state index contributed by atoms with van der Waals surface area (Å²) in [5.74, 6) is -1.53. The normalized spacial score (nSPS) is 11.4. The van der Waals surface area contributed by atoms with Gasteiger partial charge in [0.15, 0.2) is 9.84 Å². The molecule has 0 aliphatic heterocycles. The molecule has 6 nitrogen and oxygen atoms in total. The van der Waals surface area contributed by atoms with Crippen LogP contribution < -0.4 is 5.56 Å². The van der Waals surface area contributed by atoms with Gasteiger partial charge in [0.05, 0.1) is 5.75 Å². The number of carboxylic acid groups (broad SMARTS) is 1. The number of rotatable bonds is 5. The highest BCUT2D eigenvalue weighted by Crippen LogP contribution is 1.99. The van der Waals surface area contributed by atoms with Gasteiger partial charge in [-0.25, -0.2) is 13.2 Å². The molecular formula is C10H13NO5S. The van der Waals surface area contributed by atoms with Crippen LogP contribution in [0.2, 0.25) is 0 Å². The molecule has 0 aromatic carbocycles. The molecule has 94 valence electrons. The first kappa shape index (κ1) is 13.4. The highest BCUT2D eigenvalue weighted by Gasteiger charge is 2.13. The van der Waals surface area contributed by atoms with E-state index >= 15 is 0 Å². The van der Waals surface area contributed by atoms with Crippen LogP contribution in [-0.2, 0) is 16.4 Å². The zero-order valence-electron chi connectivity index (χ0n) is 9.29. The molecule has 17 heavy (non-hydrogen) atoms. The van der Waals surface area contributed by atoms with E-state index in [1.54, 1.807) is 0 Å². The van der Waals surface area contributed by atoms with Gasteiger partial charge in [-0.05, 0) is 6.07 Å². The molecule has 0 aliphatic carbocycles. The molecule has 0 atom stereocenters. The summed E-state index contributed by atoms with van der Waals surface area (Å²) in [7, 11) is -3.23. The minimum Gasteiger partial charge on any atom is -0.477 e. The number of aromatic carboxylic acids is 1. The first-order chi connectivity index (χ1) is 7.87. The van der Waals surface area contributed by atoms with E-state index in [0.29, 0.717) is 0 Å². The lowest BCUT2D eigenvalue weighted by molar-refractivity contribution is 0.0683. The smallest absolute Gasteiger partial charge is 0.352 e. The predicted octanol–water partition coefficient (Wildman–Crippen LogP) is -0.0188. The quantitative estimate of drug-likeness (QED) is 0.802. The monoisotopic (exact) mass is 259 g/mol. The van der Waals surface area contributed by atoms with E-state index in [0.717, 1.165) is 4.57 Å². The van der Waals surface area contributed by atoms with Gasteiger partial charge in [0, 0.05) is 18.4 Å². The molecule has 0 bridgehead atoms. The number of carbonyl (C=O) groups is 1. The van der Waals surface area contributed by atoms with Crippen molar-refractivity contribution in [2.24, 2.45) is 0 Å². The topological polar surface area (TPSA) is 93.4 Å². The molecule has 0 spiro atoms. The van der Waals surface area contributed by atoms with Crippen LogP contribution in [0.1, 0.15) is 17.4 Å². The van der Waals surface area contributed by atoms with Crippen LogP contribution in [0.15, 0.2) is 23.0 Å². The summed E-state index contributed by atoms with van der Waals surface area (Å²) < 4.78 is 23.6. The number of hydrogen-bond donors (Lipinski definition) is 1. The lowest BCUT2D eigenvalue weighted by Gasteiger charge is -2.08. The van der Waals surface area contributed by atoms with Crippen LogP contribution in [-0.4, -0.2) is 35.6 Å². The molecule has 1 rings (SSSR count). The number of aromatic nitrogens is 1. The molecule has 0 saturated heterocycles. The van der Waals surface area contributed by atoms with Crippen LogP contribution in [0.5, 0.6) is 0 Å². The van der Waals surface area contributed by atoms with Crippen molar-refractivity contribution in [2.45, 2.75) is 13.5 Å². The maximum atomic E-state index is 11.5. The van der Waals surface area contributed by atoms with Crippen molar-refractivity contribution in [3.05, 3.63) is 34.2 Å². The van der Waals surface area contributed by atoms with Gasteiger partial charge >= 0.3 is 5.97 Å². The second-order valence-corrected chi connectivity index (χ2v) is 5.92.